The third-order valence-electron chi connectivity index (χ3n) is 3.29. The molecular formula is C12H17N3O2. The van der Waals surface area contributed by atoms with E-state index in [4.69, 9.17) is 0 Å². The molecular weight excluding hydrogens is 218 g/mol. The Morgan fingerprint density at radius 2 is 2.06 bits per heavy atom. The molecule has 0 spiro atoms. The third kappa shape index (κ3) is 2.54. The summed E-state index contributed by atoms with van der Waals surface area (Å²) in [6.45, 7) is 1.86. The van der Waals surface area contributed by atoms with E-state index in [1.165, 1.54) is 6.33 Å². The molecule has 1 aromatic heterocycles. The minimum atomic E-state index is -0.848. The number of aryl methyl sites for hydroxylation is 1. The number of aliphatic carboxylic acids is 1. The molecule has 1 saturated carbocycles. The summed E-state index contributed by atoms with van der Waals surface area (Å²) in [5.41, 5.74) is -0.0159. The maximum absolute atomic E-state index is 11.5. The van der Waals surface area contributed by atoms with E-state index >= 15 is 0 Å². The van der Waals surface area contributed by atoms with Crippen LogP contribution in [0.4, 0.5) is 5.82 Å². The molecule has 1 aromatic rings. The lowest BCUT2D eigenvalue weighted by Gasteiger charge is -2.34. The number of hydrogen-bond donors (Lipinski definition) is 2. The molecule has 17 heavy (non-hydrogen) atoms. The Kier molecular flexibility index (Phi) is 3.26. The topological polar surface area (TPSA) is 75.1 Å². The molecule has 5 nitrogen and oxygen atoms in total. The van der Waals surface area contributed by atoms with E-state index in [1.54, 1.807) is 6.07 Å². The van der Waals surface area contributed by atoms with Crippen molar-refractivity contribution in [2.24, 2.45) is 0 Å². The van der Waals surface area contributed by atoms with Crippen molar-refractivity contribution in [3.8, 4) is 0 Å². The van der Waals surface area contributed by atoms with Gasteiger partial charge in [-0.15, -0.1) is 0 Å². The van der Waals surface area contributed by atoms with E-state index in [0.29, 0.717) is 18.7 Å². The number of rotatable bonds is 3. The van der Waals surface area contributed by atoms with E-state index in [9.17, 15) is 9.90 Å². The number of anilines is 1. The zero-order valence-corrected chi connectivity index (χ0v) is 9.94. The van der Waals surface area contributed by atoms with Crippen LogP contribution in [0, 0.1) is 6.92 Å². The first-order chi connectivity index (χ1) is 8.12. The highest BCUT2D eigenvalue weighted by molar-refractivity contribution is 5.82. The highest BCUT2D eigenvalue weighted by Gasteiger charge is 2.39. The Labute approximate surface area is 100 Å². The van der Waals surface area contributed by atoms with Gasteiger partial charge in [-0.25, -0.2) is 14.8 Å². The van der Waals surface area contributed by atoms with Crippen LogP contribution in [0.3, 0.4) is 0 Å². The first-order valence-electron chi connectivity index (χ1n) is 5.93. The van der Waals surface area contributed by atoms with Crippen molar-refractivity contribution in [3.05, 3.63) is 18.1 Å². The smallest absolute Gasteiger partial charge is 0.329 e. The van der Waals surface area contributed by atoms with Crippen LogP contribution in [0.2, 0.25) is 0 Å². The second-order valence-electron chi connectivity index (χ2n) is 4.62. The van der Waals surface area contributed by atoms with Crippen molar-refractivity contribution in [3.63, 3.8) is 0 Å². The van der Waals surface area contributed by atoms with Gasteiger partial charge in [0.05, 0.1) is 0 Å². The minimum absolute atomic E-state index is 0.599. The second-order valence-corrected chi connectivity index (χ2v) is 4.62. The Balaban J connectivity index is 2.20. The molecule has 92 valence electrons. The van der Waals surface area contributed by atoms with Crippen LogP contribution in [-0.2, 0) is 4.79 Å². The Morgan fingerprint density at radius 3 is 2.65 bits per heavy atom. The maximum atomic E-state index is 11.5. The molecule has 0 unspecified atom stereocenters. The van der Waals surface area contributed by atoms with Gasteiger partial charge in [0.1, 0.15) is 17.7 Å². The van der Waals surface area contributed by atoms with Crippen LogP contribution in [0.5, 0.6) is 0 Å². The van der Waals surface area contributed by atoms with Gasteiger partial charge in [-0.1, -0.05) is 19.3 Å². The molecule has 1 fully saturated rings. The first-order valence-corrected chi connectivity index (χ1v) is 5.93. The van der Waals surface area contributed by atoms with Gasteiger partial charge >= 0.3 is 5.97 Å². The largest absolute Gasteiger partial charge is 0.480 e. The number of carboxylic acids is 1. The Morgan fingerprint density at radius 1 is 1.35 bits per heavy atom. The number of carboxylic acid groups (broad SMARTS) is 1. The summed E-state index contributed by atoms with van der Waals surface area (Å²) in [6.07, 6.45) is 5.78. The number of carbonyl (C=O) groups is 1. The molecule has 0 aliphatic heterocycles. The second kappa shape index (κ2) is 4.69. The lowest BCUT2D eigenvalue weighted by Crippen LogP contribution is -2.48. The van der Waals surface area contributed by atoms with E-state index in [1.807, 2.05) is 6.92 Å². The van der Waals surface area contributed by atoms with Gasteiger partial charge in [0, 0.05) is 11.8 Å². The van der Waals surface area contributed by atoms with Crippen LogP contribution >= 0.6 is 0 Å². The number of hydrogen-bond acceptors (Lipinski definition) is 4. The van der Waals surface area contributed by atoms with Crippen molar-refractivity contribution >= 4 is 11.8 Å². The zero-order valence-electron chi connectivity index (χ0n) is 9.94. The number of nitrogens with zero attached hydrogens (tertiary/aromatic N) is 2. The molecule has 0 aromatic carbocycles. The average molecular weight is 235 g/mol. The SMILES string of the molecule is Cc1cc(NC2(C(=O)O)CCCCC2)ncn1. The highest BCUT2D eigenvalue weighted by Crippen LogP contribution is 2.31. The van der Waals surface area contributed by atoms with Crippen LogP contribution in [0.1, 0.15) is 37.8 Å². The van der Waals surface area contributed by atoms with E-state index in [0.717, 1.165) is 25.0 Å². The maximum Gasteiger partial charge on any atom is 0.329 e. The van der Waals surface area contributed by atoms with Crippen molar-refractivity contribution in [2.45, 2.75) is 44.6 Å². The molecule has 0 saturated heterocycles. The van der Waals surface area contributed by atoms with E-state index < -0.39 is 11.5 Å². The summed E-state index contributed by atoms with van der Waals surface area (Å²) in [4.78, 5) is 19.5. The van der Waals surface area contributed by atoms with Gasteiger partial charge in [0.2, 0.25) is 0 Å². The zero-order chi connectivity index (χ0) is 12.3. The van der Waals surface area contributed by atoms with Crippen molar-refractivity contribution in [1.29, 1.82) is 0 Å². The summed E-state index contributed by atoms with van der Waals surface area (Å²) in [5, 5.41) is 12.5. The standard InChI is InChI=1S/C12H17N3O2/c1-9-7-10(14-8-13-9)15-12(11(16)17)5-3-2-4-6-12/h7-8H,2-6H2,1H3,(H,16,17)(H,13,14,15). The summed E-state index contributed by atoms with van der Waals surface area (Å²) >= 11 is 0. The Bertz CT molecular complexity index is 414. The number of aromatic nitrogens is 2. The predicted octanol–water partition coefficient (Wildman–Crippen LogP) is 1.98. The molecule has 2 rings (SSSR count). The molecule has 1 heterocycles. The van der Waals surface area contributed by atoms with Crippen molar-refractivity contribution in [1.82, 2.24) is 9.97 Å². The molecule has 0 atom stereocenters. The summed E-state index contributed by atoms with van der Waals surface area (Å²) in [6, 6.07) is 1.78. The molecule has 0 bridgehead atoms. The van der Waals surface area contributed by atoms with E-state index in [-0.39, 0.29) is 0 Å². The van der Waals surface area contributed by atoms with Crippen LogP contribution in [0.15, 0.2) is 12.4 Å². The molecule has 1 aliphatic carbocycles. The monoisotopic (exact) mass is 235 g/mol. The summed E-state index contributed by atoms with van der Waals surface area (Å²) in [7, 11) is 0. The fraction of sp³-hybridized carbons (Fsp3) is 0.583. The molecule has 5 heteroatoms. The lowest BCUT2D eigenvalue weighted by molar-refractivity contribution is -0.143. The van der Waals surface area contributed by atoms with Crippen LogP contribution in [-0.4, -0.2) is 26.6 Å². The number of nitrogens with one attached hydrogen (secondary N) is 1. The van der Waals surface area contributed by atoms with E-state index in [2.05, 4.69) is 15.3 Å². The summed E-state index contributed by atoms with van der Waals surface area (Å²) in [5.74, 6) is -0.185. The minimum Gasteiger partial charge on any atom is -0.480 e. The first kappa shape index (κ1) is 11.8. The molecule has 1 aliphatic rings. The highest BCUT2D eigenvalue weighted by atomic mass is 16.4. The predicted molar refractivity (Wildman–Crippen MR) is 63.8 cm³/mol. The van der Waals surface area contributed by atoms with Gasteiger partial charge < -0.3 is 10.4 Å². The average Bonchev–Trinajstić information content (AvgIpc) is 2.30. The fourth-order valence-corrected chi connectivity index (χ4v) is 2.32. The Hall–Kier alpha value is -1.65. The van der Waals surface area contributed by atoms with Gasteiger partial charge in [-0.05, 0) is 19.8 Å². The fourth-order valence-electron chi connectivity index (χ4n) is 2.32. The van der Waals surface area contributed by atoms with Crippen LogP contribution in [0.25, 0.3) is 0 Å². The van der Waals surface area contributed by atoms with Gasteiger partial charge in [0.25, 0.3) is 0 Å². The third-order valence-corrected chi connectivity index (χ3v) is 3.29. The van der Waals surface area contributed by atoms with Gasteiger partial charge in [-0.2, -0.15) is 0 Å². The molecule has 2 N–H and O–H groups in total. The van der Waals surface area contributed by atoms with Crippen LogP contribution < -0.4 is 5.32 Å². The molecule has 0 amide bonds. The lowest BCUT2D eigenvalue weighted by atomic mass is 9.81. The summed E-state index contributed by atoms with van der Waals surface area (Å²) < 4.78 is 0. The normalized spacial score (nSPS) is 18.6. The quantitative estimate of drug-likeness (QED) is 0.838. The molecule has 0 radical (unpaired) electrons. The van der Waals surface area contributed by atoms with Crippen molar-refractivity contribution < 1.29 is 9.90 Å². The van der Waals surface area contributed by atoms with Gasteiger partial charge in [-0.3, -0.25) is 0 Å². The van der Waals surface area contributed by atoms with Crippen molar-refractivity contribution in [2.75, 3.05) is 5.32 Å². The van der Waals surface area contributed by atoms with Gasteiger partial charge in [0.15, 0.2) is 0 Å².